The van der Waals surface area contributed by atoms with Crippen LogP contribution in [0.4, 0.5) is 0 Å². The normalized spacial score (nSPS) is 15.2. The Bertz CT molecular complexity index is 633. The zero-order valence-electron chi connectivity index (χ0n) is 19.3. The zero-order valence-corrected chi connectivity index (χ0v) is 21.0. The van der Waals surface area contributed by atoms with E-state index in [1.165, 1.54) is 0 Å². The van der Waals surface area contributed by atoms with Crippen LogP contribution in [0, 0.1) is 5.92 Å². The first-order chi connectivity index (χ1) is 14.1. The van der Waals surface area contributed by atoms with Gasteiger partial charge < -0.3 is 28.0 Å². The maximum absolute atomic E-state index is 6.07. The Morgan fingerprint density at radius 2 is 1.70 bits per heavy atom. The first-order valence-electron chi connectivity index (χ1n) is 10.2. The number of rotatable bonds is 15. The molecule has 0 saturated heterocycles. The Morgan fingerprint density at radius 3 is 2.23 bits per heavy atom. The SMILES string of the molecule is CCOCC(C)CNP(=S)(OCCOc1ccc(C(OC)OC)cc1)OC(C)(C)C. The molecule has 7 nitrogen and oxygen atoms in total. The summed E-state index contributed by atoms with van der Waals surface area (Å²) in [4.78, 5) is 0. The van der Waals surface area contributed by atoms with Crippen molar-refractivity contribution in [3.63, 3.8) is 0 Å². The van der Waals surface area contributed by atoms with E-state index in [9.17, 15) is 0 Å². The topological polar surface area (TPSA) is 67.4 Å². The molecule has 0 aliphatic carbocycles. The minimum absolute atomic E-state index is 0.303. The summed E-state index contributed by atoms with van der Waals surface area (Å²) in [6, 6.07) is 7.55. The second-order valence-corrected chi connectivity index (χ2v) is 11.1. The molecule has 2 atom stereocenters. The zero-order chi connectivity index (χ0) is 22.6. The predicted molar refractivity (Wildman–Crippen MR) is 123 cm³/mol. The molecule has 1 rings (SSSR count). The first-order valence-corrected chi connectivity index (χ1v) is 12.8. The third-order valence-corrected chi connectivity index (χ3v) is 6.64. The highest BCUT2D eigenvalue weighted by Crippen LogP contribution is 2.47. The number of methoxy groups -OCH3 is 2. The fraction of sp³-hybridized carbons (Fsp3) is 0.714. The van der Waals surface area contributed by atoms with Crippen LogP contribution in [0.5, 0.6) is 5.75 Å². The van der Waals surface area contributed by atoms with Gasteiger partial charge in [-0.25, -0.2) is 5.09 Å². The van der Waals surface area contributed by atoms with Gasteiger partial charge in [-0.1, -0.05) is 19.1 Å². The van der Waals surface area contributed by atoms with E-state index in [1.54, 1.807) is 14.2 Å². The fourth-order valence-electron chi connectivity index (χ4n) is 2.52. The molecule has 1 N–H and O–H groups in total. The molecule has 0 bridgehead atoms. The minimum atomic E-state index is -2.66. The number of nitrogens with one attached hydrogen (secondary N) is 1. The molecular weight excluding hydrogens is 425 g/mol. The lowest BCUT2D eigenvalue weighted by Gasteiger charge is -2.31. The Kier molecular flexibility index (Phi) is 12.6. The summed E-state index contributed by atoms with van der Waals surface area (Å²) in [7, 11) is 3.21. The van der Waals surface area contributed by atoms with Crippen LogP contribution in [0.3, 0.4) is 0 Å². The highest BCUT2D eigenvalue weighted by atomic mass is 32.5. The molecule has 174 valence electrons. The van der Waals surface area contributed by atoms with Gasteiger partial charge in [0.25, 0.3) is 6.64 Å². The van der Waals surface area contributed by atoms with Crippen LogP contribution in [0.1, 0.15) is 46.5 Å². The van der Waals surface area contributed by atoms with E-state index in [1.807, 2.05) is 52.0 Å². The Labute approximate surface area is 186 Å². The van der Waals surface area contributed by atoms with Crippen molar-refractivity contribution in [2.24, 2.45) is 5.92 Å². The van der Waals surface area contributed by atoms with E-state index in [0.717, 1.165) is 11.3 Å². The van der Waals surface area contributed by atoms with E-state index in [0.29, 0.717) is 38.9 Å². The molecule has 1 aromatic carbocycles. The first kappa shape index (κ1) is 27.5. The van der Waals surface area contributed by atoms with Crippen LogP contribution < -0.4 is 9.82 Å². The number of hydrogen-bond acceptors (Lipinski definition) is 7. The molecule has 2 unspecified atom stereocenters. The van der Waals surface area contributed by atoms with Gasteiger partial charge >= 0.3 is 0 Å². The Balaban J connectivity index is 2.55. The molecule has 0 fully saturated rings. The molecular formula is C21H38NO6PS. The van der Waals surface area contributed by atoms with Crippen molar-refractivity contribution in [1.29, 1.82) is 0 Å². The van der Waals surface area contributed by atoms with Crippen molar-refractivity contribution in [2.45, 2.75) is 46.5 Å². The lowest BCUT2D eigenvalue weighted by atomic mass is 10.2. The van der Waals surface area contributed by atoms with E-state index in [4.69, 9.17) is 39.8 Å². The Hall–Kier alpha value is -0.570. The average Bonchev–Trinajstić information content (AvgIpc) is 2.69. The average molecular weight is 464 g/mol. The second-order valence-electron chi connectivity index (χ2n) is 7.88. The molecule has 30 heavy (non-hydrogen) atoms. The monoisotopic (exact) mass is 463 g/mol. The number of benzene rings is 1. The van der Waals surface area contributed by atoms with Crippen molar-refractivity contribution in [3.05, 3.63) is 29.8 Å². The Morgan fingerprint density at radius 1 is 1.07 bits per heavy atom. The lowest BCUT2D eigenvalue weighted by molar-refractivity contribution is -0.106. The number of hydrogen-bond donors (Lipinski definition) is 1. The van der Waals surface area contributed by atoms with Gasteiger partial charge in [0.15, 0.2) is 6.29 Å². The molecule has 0 aliphatic rings. The summed E-state index contributed by atoms with van der Waals surface area (Å²) in [5.41, 5.74) is 0.504. The highest BCUT2D eigenvalue weighted by Gasteiger charge is 2.27. The van der Waals surface area contributed by atoms with E-state index in [2.05, 4.69) is 12.0 Å². The highest BCUT2D eigenvalue weighted by molar-refractivity contribution is 8.09. The third-order valence-electron chi connectivity index (χ3n) is 3.83. The summed E-state index contributed by atoms with van der Waals surface area (Å²) in [5.74, 6) is 1.04. The summed E-state index contributed by atoms with van der Waals surface area (Å²) >= 11 is 5.71. The maximum Gasteiger partial charge on any atom is 0.261 e. The summed E-state index contributed by atoms with van der Waals surface area (Å²) in [5, 5.41) is 3.31. The smallest absolute Gasteiger partial charge is 0.261 e. The van der Waals surface area contributed by atoms with Crippen LogP contribution in [0.2, 0.25) is 0 Å². The molecule has 0 saturated carbocycles. The van der Waals surface area contributed by atoms with E-state index >= 15 is 0 Å². The van der Waals surface area contributed by atoms with Crippen molar-refractivity contribution in [1.82, 2.24) is 5.09 Å². The van der Waals surface area contributed by atoms with Gasteiger partial charge in [-0.3, -0.25) is 0 Å². The number of ether oxygens (including phenoxy) is 4. The van der Waals surface area contributed by atoms with Gasteiger partial charge in [0.1, 0.15) is 12.4 Å². The third kappa shape index (κ3) is 11.2. The molecule has 1 aromatic rings. The molecule has 0 aromatic heterocycles. The summed E-state index contributed by atoms with van der Waals surface area (Å²) in [6.45, 7) is 10.0. The van der Waals surface area contributed by atoms with Gasteiger partial charge in [0, 0.05) is 32.9 Å². The quantitative estimate of drug-likeness (QED) is 0.229. The van der Waals surface area contributed by atoms with Gasteiger partial charge in [-0.15, -0.1) is 0 Å². The summed E-state index contributed by atoms with van der Waals surface area (Å²) in [6.07, 6.45) is -0.390. The van der Waals surface area contributed by atoms with Crippen molar-refractivity contribution in [3.8, 4) is 5.75 Å². The molecule has 0 spiro atoms. The van der Waals surface area contributed by atoms with Crippen molar-refractivity contribution >= 4 is 18.4 Å². The van der Waals surface area contributed by atoms with Gasteiger partial charge in [-0.05, 0) is 57.6 Å². The van der Waals surface area contributed by atoms with Gasteiger partial charge in [-0.2, -0.15) is 0 Å². The molecule has 9 heteroatoms. The predicted octanol–water partition coefficient (Wildman–Crippen LogP) is 4.68. The fourth-order valence-corrected chi connectivity index (χ4v) is 5.41. The van der Waals surface area contributed by atoms with Crippen LogP contribution in [0.25, 0.3) is 0 Å². The minimum Gasteiger partial charge on any atom is -0.491 e. The maximum atomic E-state index is 6.07. The molecule has 0 radical (unpaired) electrons. The van der Waals surface area contributed by atoms with Crippen molar-refractivity contribution < 1.29 is 28.0 Å². The standard InChI is InChI=1S/C21H38NO6PS/c1-8-25-16-17(2)15-22-29(30,28-21(3,4)5)27-14-13-26-19-11-9-18(10-12-19)20(23-6)24-7/h9-12,17,20H,8,13-16H2,1-7H3,(H,22,30). The van der Waals surface area contributed by atoms with Crippen LogP contribution in [0.15, 0.2) is 24.3 Å². The van der Waals surface area contributed by atoms with Crippen LogP contribution >= 0.6 is 6.64 Å². The largest absolute Gasteiger partial charge is 0.491 e. The summed E-state index contributed by atoms with van der Waals surface area (Å²) < 4.78 is 33.8. The van der Waals surface area contributed by atoms with Crippen LogP contribution in [-0.4, -0.2) is 52.8 Å². The van der Waals surface area contributed by atoms with E-state index in [-0.39, 0.29) is 0 Å². The van der Waals surface area contributed by atoms with E-state index < -0.39 is 18.5 Å². The van der Waals surface area contributed by atoms with Gasteiger partial charge in [0.05, 0.1) is 18.8 Å². The molecule has 0 heterocycles. The van der Waals surface area contributed by atoms with Gasteiger partial charge in [0.2, 0.25) is 0 Å². The second kappa shape index (κ2) is 13.8. The van der Waals surface area contributed by atoms with Crippen LogP contribution in [-0.2, 0) is 35.1 Å². The molecule has 0 aliphatic heterocycles. The van der Waals surface area contributed by atoms with Crippen molar-refractivity contribution in [2.75, 3.05) is 47.2 Å². The lowest BCUT2D eigenvalue weighted by Crippen LogP contribution is -2.29. The molecule has 0 amide bonds.